The van der Waals surface area contributed by atoms with Crippen LogP contribution in [0.1, 0.15) is 10.4 Å². The molecular weight excluding hydrogens is 274 g/mol. The van der Waals surface area contributed by atoms with Crippen LogP contribution in [0.15, 0.2) is 29.4 Å². The van der Waals surface area contributed by atoms with Gasteiger partial charge in [-0.25, -0.2) is 5.43 Å². The van der Waals surface area contributed by atoms with E-state index in [1.807, 2.05) is 0 Å². The van der Waals surface area contributed by atoms with Crippen molar-refractivity contribution >= 4 is 46.9 Å². The monoisotopic (exact) mass is 280 g/mol. The van der Waals surface area contributed by atoms with Gasteiger partial charge >= 0.3 is 0 Å². The highest BCUT2D eigenvalue weighted by molar-refractivity contribution is 6.74. The van der Waals surface area contributed by atoms with Crippen molar-refractivity contribution in [2.24, 2.45) is 5.10 Å². The molecule has 0 bridgehead atoms. The molecule has 1 rings (SSSR count). The number of amides is 1. The summed E-state index contributed by atoms with van der Waals surface area (Å²) in [5.74, 6) is -0.396. The molecule has 16 heavy (non-hydrogen) atoms. The molecular formula is C9H7Cl3N2O2. The first-order valence-electron chi connectivity index (χ1n) is 4.09. The van der Waals surface area contributed by atoms with Crippen molar-refractivity contribution in [3.05, 3.63) is 29.8 Å². The second-order valence-corrected chi connectivity index (χ2v) is 5.16. The molecule has 0 heterocycles. The maximum Gasteiger partial charge on any atom is 0.271 e. The largest absolute Gasteiger partial charge is 0.508 e. The normalized spacial score (nSPS) is 11.7. The van der Waals surface area contributed by atoms with Crippen LogP contribution in [0.3, 0.4) is 0 Å². The number of carbonyl (C=O) groups excluding carboxylic acids is 1. The van der Waals surface area contributed by atoms with Crippen molar-refractivity contribution in [2.75, 3.05) is 0 Å². The van der Waals surface area contributed by atoms with Crippen molar-refractivity contribution in [2.45, 2.75) is 3.79 Å². The average molecular weight is 282 g/mol. The fraction of sp³-hybridized carbons (Fsp3) is 0.111. The van der Waals surface area contributed by atoms with Gasteiger partial charge in [-0.3, -0.25) is 4.79 Å². The highest BCUT2D eigenvalue weighted by Crippen LogP contribution is 2.22. The van der Waals surface area contributed by atoms with Crippen LogP contribution in [0.5, 0.6) is 5.75 Å². The number of hydrogen-bond acceptors (Lipinski definition) is 3. The lowest BCUT2D eigenvalue weighted by molar-refractivity contribution is 0.0955. The van der Waals surface area contributed by atoms with Crippen molar-refractivity contribution in [1.29, 1.82) is 0 Å². The van der Waals surface area contributed by atoms with Crippen LogP contribution in [0.4, 0.5) is 0 Å². The predicted molar refractivity (Wildman–Crippen MR) is 64.4 cm³/mol. The van der Waals surface area contributed by atoms with Gasteiger partial charge in [-0.05, 0) is 24.3 Å². The summed E-state index contributed by atoms with van der Waals surface area (Å²) in [5, 5.41) is 12.5. The fourth-order valence-corrected chi connectivity index (χ4v) is 0.988. The van der Waals surface area contributed by atoms with Gasteiger partial charge in [0.15, 0.2) is 0 Å². The number of halogens is 3. The van der Waals surface area contributed by atoms with E-state index in [2.05, 4.69) is 10.5 Å². The minimum Gasteiger partial charge on any atom is -0.508 e. The Morgan fingerprint density at radius 2 is 1.88 bits per heavy atom. The number of hydrogen-bond donors (Lipinski definition) is 2. The summed E-state index contributed by atoms with van der Waals surface area (Å²) < 4.78 is -1.65. The van der Waals surface area contributed by atoms with E-state index in [0.717, 1.165) is 6.21 Å². The second kappa shape index (κ2) is 5.39. The van der Waals surface area contributed by atoms with E-state index in [4.69, 9.17) is 39.9 Å². The summed E-state index contributed by atoms with van der Waals surface area (Å²) in [6.07, 6.45) is 0.968. The average Bonchev–Trinajstić information content (AvgIpc) is 2.16. The van der Waals surface area contributed by atoms with Gasteiger partial charge in [0.05, 0.1) is 6.21 Å². The van der Waals surface area contributed by atoms with E-state index in [9.17, 15) is 4.79 Å². The van der Waals surface area contributed by atoms with Crippen LogP contribution in [-0.4, -0.2) is 21.0 Å². The Hall–Kier alpha value is -0.970. The Labute approximate surface area is 107 Å². The van der Waals surface area contributed by atoms with E-state index in [1.54, 1.807) is 0 Å². The van der Waals surface area contributed by atoms with Crippen molar-refractivity contribution in [1.82, 2.24) is 5.43 Å². The fourth-order valence-electron chi connectivity index (χ4n) is 0.841. The molecule has 0 atom stereocenters. The first-order chi connectivity index (χ1) is 7.38. The van der Waals surface area contributed by atoms with E-state index in [1.165, 1.54) is 24.3 Å². The van der Waals surface area contributed by atoms with Gasteiger partial charge in [0, 0.05) is 5.56 Å². The molecule has 0 aliphatic rings. The van der Waals surface area contributed by atoms with Crippen LogP contribution >= 0.6 is 34.8 Å². The number of rotatable bonds is 2. The minimum atomic E-state index is -1.65. The molecule has 4 nitrogen and oxygen atoms in total. The molecule has 0 aromatic heterocycles. The van der Waals surface area contributed by atoms with Crippen LogP contribution in [0.2, 0.25) is 0 Å². The highest BCUT2D eigenvalue weighted by atomic mass is 35.6. The van der Waals surface area contributed by atoms with Crippen LogP contribution in [-0.2, 0) is 0 Å². The van der Waals surface area contributed by atoms with Gasteiger partial charge in [0.2, 0.25) is 3.79 Å². The molecule has 1 aromatic carbocycles. The summed E-state index contributed by atoms with van der Waals surface area (Å²) >= 11 is 16.1. The van der Waals surface area contributed by atoms with Crippen molar-refractivity contribution in [3.63, 3.8) is 0 Å². The number of nitrogens with one attached hydrogen (secondary N) is 1. The molecule has 0 radical (unpaired) electrons. The molecule has 0 saturated carbocycles. The topological polar surface area (TPSA) is 61.7 Å². The third-order valence-corrected chi connectivity index (χ3v) is 1.80. The zero-order valence-corrected chi connectivity index (χ0v) is 10.1. The van der Waals surface area contributed by atoms with Crippen molar-refractivity contribution < 1.29 is 9.90 Å². The van der Waals surface area contributed by atoms with Gasteiger partial charge in [-0.2, -0.15) is 5.10 Å². The Kier molecular flexibility index (Phi) is 4.41. The van der Waals surface area contributed by atoms with E-state index < -0.39 is 9.70 Å². The summed E-state index contributed by atoms with van der Waals surface area (Å²) in [5.41, 5.74) is 2.50. The van der Waals surface area contributed by atoms with Gasteiger partial charge < -0.3 is 5.11 Å². The van der Waals surface area contributed by atoms with Crippen LogP contribution < -0.4 is 5.43 Å². The Balaban J connectivity index is 2.60. The Morgan fingerprint density at radius 3 is 2.38 bits per heavy atom. The number of phenols is 1. The molecule has 0 aliphatic carbocycles. The number of alkyl halides is 3. The molecule has 0 aliphatic heterocycles. The summed E-state index contributed by atoms with van der Waals surface area (Å²) in [6, 6.07) is 5.65. The third-order valence-electron chi connectivity index (χ3n) is 1.51. The number of phenolic OH excluding ortho intramolecular Hbond substituents is 1. The minimum absolute atomic E-state index is 0.0707. The molecule has 2 N–H and O–H groups in total. The molecule has 0 fully saturated rings. The van der Waals surface area contributed by atoms with Gasteiger partial charge in [-0.15, -0.1) is 0 Å². The van der Waals surface area contributed by atoms with E-state index in [0.29, 0.717) is 5.56 Å². The zero-order chi connectivity index (χ0) is 12.2. The lowest BCUT2D eigenvalue weighted by Gasteiger charge is -2.03. The lowest BCUT2D eigenvalue weighted by atomic mass is 10.2. The van der Waals surface area contributed by atoms with E-state index >= 15 is 0 Å². The van der Waals surface area contributed by atoms with Crippen LogP contribution in [0.25, 0.3) is 0 Å². The number of hydrazone groups is 1. The lowest BCUT2D eigenvalue weighted by Crippen LogP contribution is -2.19. The Morgan fingerprint density at radius 1 is 1.31 bits per heavy atom. The number of nitrogens with zero attached hydrogens (tertiary/aromatic N) is 1. The molecule has 7 heteroatoms. The maximum absolute atomic E-state index is 11.4. The maximum atomic E-state index is 11.4. The number of aromatic hydroxyl groups is 1. The van der Waals surface area contributed by atoms with Gasteiger partial charge in [-0.1, -0.05) is 34.8 Å². The van der Waals surface area contributed by atoms with Crippen LogP contribution in [0, 0.1) is 0 Å². The smallest absolute Gasteiger partial charge is 0.271 e. The zero-order valence-electron chi connectivity index (χ0n) is 7.82. The summed E-state index contributed by atoms with van der Waals surface area (Å²) in [6.45, 7) is 0. The number of carbonyl (C=O) groups is 1. The molecule has 86 valence electrons. The molecule has 0 saturated heterocycles. The third kappa shape index (κ3) is 4.70. The van der Waals surface area contributed by atoms with Gasteiger partial charge in [0.25, 0.3) is 5.91 Å². The molecule has 0 unspecified atom stereocenters. The van der Waals surface area contributed by atoms with E-state index in [-0.39, 0.29) is 5.75 Å². The highest BCUT2D eigenvalue weighted by Gasteiger charge is 2.15. The molecule has 1 amide bonds. The number of benzene rings is 1. The molecule has 0 spiro atoms. The predicted octanol–water partition coefficient (Wildman–Crippen LogP) is 2.48. The second-order valence-electron chi connectivity index (χ2n) is 2.79. The Bertz CT molecular complexity index is 398. The first-order valence-corrected chi connectivity index (χ1v) is 5.22. The first kappa shape index (κ1) is 13.1. The SMILES string of the molecule is O=C(NN=CC(Cl)(Cl)Cl)c1ccc(O)cc1. The summed E-state index contributed by atoms with van der Waals surface area (Å²) in [4.78, 5) is 11.4. The quantitative estimate of drug-likeness (QED) is 0.497. The molecule has 1 aromatic rings. The standard InChI is InChI=1S/C9H7Cl3N2O2/c10-9(11,12)5-13-14-8(16)6-1-3-7(15)4-2-6/h1-5,15H,(H,14,16). The van der Waals surface area contributed by atoms with Gasteiger partial charge in [0.1, 0.15) is 5.75 Å². The van der Waals surface area contributed by atoms with Crippen molar-refractivity contribution in [3.8, 4) is 5.75 Å². The summed E-state index contributed by atoms with van der Waals surface area (Å²) in [7, 11) is 0.